The van der Waals surface area contributed by atoms with Crippen LogP contribution in [0.5, 0.6) is 0 Å². The number of hydrogen-bond acceptors (Lipinski definition) is 3. The lowest BCUT2D eigenvalue weighted by molar-refractivity contribution is -0.117. The van der Waals surface area contributed by atoms with Gasteiger partial charge >= 0.3 is 0 Å². The van der Waals surface area contributed by atoms with Crippen LogP contribution >= 0.6 is 0 Å². The Morgan fingerprint density at radius 3 is 2.80 bits per heavy atom. The fourth-order valence-corrected chi connectivity index (χ4v) is 3.97. The smallest absolute Gasteiger partial charge is 0.227 e. The largest absolute Gasteiger partial charge is 0.337 e. The fraction of sp³-hybridized carbons (Fsp3) is 0.444. The highest BCUT2D eigenvalue weighted by molar-refractivity contribution is 5.96. The number of aryl methyl sites for hydroxylation is 1. The number of imidazole rings is 1. The summed E-state index contributed by atoms with van der Waals surface area (Å²) < 4.78 is 28.7. The Morgan fingerprint density at radius 1 is 1.24 bits per heavy atom. The lowest BCUT2D eigenvalue weighted by Crippen LogP contribution is -2.31. The number of benzene rings is 1. The third-order valence-electron chi connectivity index (χ3n) is 5.34. The zero-order valence-electron chi connectivity index (χ0n) is 14.1. The molecule has 1 atom stereocenters. The van der Waals surface area contributed by atoms with Crippen LogP contribution in [0.25, 0.3) is 0 Å². The van der Waals surface area contributed by atoms with E-state index in [1.807, 2.05) is 17.8 Å². The van der Waals surface area contributed by atoms with Crippen molar-refractivity contribution in [3.05, 3.63) is 48.1 Å². The molecule has 132 valence electrons. The van der Waals surface area contributed by atoms with Crippen LogP contribution in [0, 0.1) is 17.0 Å². The van der Waals surface area contributed by atoms with Crippen molar-refractivity contribution in [2.24, 2.45) is 12.5 Å². The maximum Gasteiger partial charge on any atom is 0.227 e. The van der Waals surface area contributed by atoms with Gasteiger partial charge in [0.25, 0.3) is 0 Å². The molecular formula is C18H20F2N4O. The van der Waals surface area contributed by atoms with Crippen LogP contribution in [0.4, 0.5) is 14.5 Å². The summed E-state index contributed by atoms with van der Waals surface area (Å²) in [6.45, 7) is 3.02. The lowest BCUT2D eigenvalue weighted by atomic mass is 9.86. The number of carbonyl (C=O) groups excluding carboxylic acids is 1. The van der Waals surface area contributed by atoms with Gasteiger partial charge in [-0.2, -0.15) is 0 Å². The molecule has 3 heterocycles. The summed E-state index contributed by atoms with van der Waals surface area (Å²) >= 11 is 0. The van der Waals surface area contributed by atoms with Crippen LogP contribution in [0.2, 0.25) is 0 Å². The molecule has 0 unspecified atom stereocenters. The summed E-state index contributed by atoms with van der Waals surface area (Å²) in [4.78, 5) is 20.7. The summed E-state index contributed by atoms with van der Waals surface area (Å²) in [5.41, 5.74) is 0.316. The van der Waals surface area contributed by atoms with Gasteiger partial charge < -0.3 is 9.47 Å². The van der Waals surface area contributed by atoms with Gasteiger partial charge in [0.05, 0.1) is 6.54 Å². The molecule has 1 spiro atoms. The van der Waals surface area contributed by atoms with E-state index in [0.717, 1.165) is 44.0 Å². The zero-order valence-corrected chi connectivity index (χ0v) is 14.1. The molecule has 0 saturated carbocycles. The molecule has 1 aromatic carbocycles. The number of rotatable bonds is 3. The molecule has 1 aromatic heterocycles. The summed E-state index contributed by atoms with van der Waals surface area (Å²) in [6, 6.07) is 3.65. The van der Waals surface area contributed by atoms with Crippen LogP contribution in [0.15, 0.2) is 30.6 Å². The van der Waals surface area contributed by atoms with Crippen molar-refractivity contribution in [1.82, 2.24) is 14.5 Å². The van der Waals surface area contributed by atoms with E-state index < -0.39 is 11.6 Å². The van der Waals surface area contributed by atoms with Crippen molar-refractivity contribution in [3.63, 3.8) is 0 Å². The topological polar surface area (TPSA) is 41.4 Å². The molecule has 2 aliphatic rings. The van der Waals surface area contributed by atoms with E-state index in [2.05, 4.69) is 9.88 Å². The van der Waals surface area contributed by atoms with Crippen molar-refractivity contribution in [2.75, 3.05) is 24.5 Å². The number of aromatic nitrogens is 2. The first-order chi connectivity index (χ1) is 12.0. The maximum atomic E-state index is 13.5. The van der Waals surface area contributed by atoms with Gasteiger partial charge in [-0.05, 0) is 25.1 Å². The fourth-order valence-electron chi connectivity index (χ4n) is 3.97. The molecule has 0 N–H and O–H groups in total. The van der Waals surface area contributed by atoms with Crippen LogP contribution < -0.4 is 4.90 Å². The van der Waals surface area contributed by atoms with Crippen LogP contribution in [-0.2, 0) is 18.4 Å². The van der Waals surface area contributed by atoms with Gasteiger partial charge in [0.2, 0.25) is 5.91 Å². The van der Waals surface area contributed by atoms with Gasteiger partial charge in [-0.3, -0.25) is 9.69 Å². The maximum absolute atomic E-state index is 13.5. The Balaban J connectivity index is 1.48. The highest BCUT2D eigenvalue weighted by atomic mass is 19.2. The molecule has 2 saturated heterocycles. The lowest BCUT2D eigenvalue weighted by Gasteiger charge is -2.24. The molecule has 2 aliphatic heterocycles. The summed E-state index contributed by atoms with van der Waals surface area (Å²) in [5.74, 6) is -0.843. The summed E-state index contributed by atoms with van der Waals surface area (Å²) in [6.07, 6.45) is 5.07. The summed E-state index contributed by atoms with van der Waals surface area (Å²) in [7, 11) is 1.97. The highest BCUT2D eigenvalue weighted by Crippen LogP contribution is 2.42. The van der Waals surface area contributed by atoms with E-state index in [-0.39, 0.29) is 11.3 Å². The minimum Gasteiger partial charge on any atom is -0.337 e. The number of anilines is 1. The first-order valence-corrected chi connectivity index (χ1v) is 8.40. The third-order valence-corrected chi connectivity index (χ3v) is 5.34. The van der Waals surface area contributed by atoms with Crippen molar-refractivity contribution < 1.29 is 13.6 Å². The average molecular weight is 346 g/mol. The molecule has 5 nitrogen and oxygen atoms in total. The Bertz CT molecular complexity index is 821. The van der Waals surface area contributed by atoms with Crippen molar-refractivity contribution in [2.45, 2.75) is 19.4 Å². The molecule has 0 radical (unpaired) electrons. The quantitative estimate of drug-likeness (QED) is 0.857. The number of carbonyl (C=O) groups is 1. The second-order valence-corrected chi connectivity index (χ2v) is 7.17. The molecule has 0 bridgehead atoms. The molecule has 2 aromatic rings. The standard InChI is InChI=1S/C18H20F2N4O/c1-22-7-5-21-16(22)10-23-6-4-18(11-23)9-17(25)24(12-18)13-2-3-14(19)15(20)8-13/h2-3,5,7-8H,4,6,9-12H2,1H3/t18-/m1/s1. The van der Waals surface area contributed by atoms with Gasteiger partial charge in [0.1, 0.15) is 5.82 Å². The van der Waals surface area contributed by atoms with Crippen molar-refractivity contribution >= 4 is 11.6 Å². The minimum atomic E-state index is -0.922. The molecule has 25 heavy (non-hydrogen) atoms. The second kappa shape index (κ2) is 5.91. The minimum absolute atomic E-state index is 0.0233. The average Bonchev–Trinajstić information content (AvgIpc) is 3.24. The van der Waals surface area contributed by atoms with Crippen LogP contribution in [0.3, 0.4) is 0 Å². The Labute approximate surface area is 144 Å². The monoisotopic (exact) mass is 346 g/mol. The number of likely N-dealkylation sites (tertiary alicyclic amines) is 1. The molecular weight excluding hydrogens is 326 g/mol. The molecule has 0 aliphatic carbocycles. The number of amides is 1. The van der Waals surface area contributed by atoms with Crippen LogP contribution in [-0.4, -0.2) is 40.0 Å². The van der Waals surface area contributed by atoms with Crippen LogP contribution in [0.1, 0.15) is 18.7 Å². The third kappa shape index (κ3) is 2.93. The van der Waals surface area contributed by atoms with E-state index in [4.69, 9.17) is 0 Å². The number of hydrogen-bond donors (Lipinski definition) is 0. The molecule has 2 fully saturated rings. The SMILES string of the molecule is Cn1ccnc1CN1CC[C@@]2(CC(=O)N(c3ccc(F)c(F)c3)C2)C1. The zero-order chi connectivity index (χ0) is 17.6. The van der Waals surface area contributed by atoms with E-state index >= 15 is 0 Å². The predicted molar refractivity (Wildman–Crippen MR) is 88.9 cm³/mol. The van der Waals surface area contributed by atoms with E-state index in [9.17, 15) is 13.6 Å². The second-order valence-electron chi connectivity index (χ2n) is 7.17. The Kier molecular flexibility index (Phi) is 3.83. The van der Waals surface area contributed by atoms with Gasteiger partial charge in [-0.1, -0.05) is 0 Å². The van der Waals surface area contributed by atoms with E-state index in [0.29, 0.717) is 18.7 Å². The van der Waals surface area contributed by atoms with Crippen molar-refractivity contribution in [3.8, 4) is 0 Å². The number of halogens is 2. The first kappa shape index (κ1) is 16.2. The van der Waals surface area contributed by atoms with Gasteiger partial charge in [0, 0.05) is 56.1 Å². The summed E-state index contributed by atoms with van der Waals surface area (Å²) in [5, 5.41) is 0. The predicted octanol–water partition coefficient (Wildman–Crippen LogP) is 2.33. The normalized spacial score (nSPS) is 24.0. The molecule has 1 amide bonds. The van der Waals surface area contributed by atoms with Crippen molar-refractivity contribution in [1.29, 1.82) is 0 Å². The highest BCUT2D eigenvalue weighted by Gasteiger charge is 2.47. The Morgan fingerprint density at radius 2 is 2.08 bits per heavy atom. The Hall–Kier alpha value is -2.28. The molecule has 4 rings (SSSR count). The van der Waals surface area contributed by atoms with Gasteiger partial charge in [-0.25, -0.2) is 13.8 Å². The van der Waals surface area contributed by atoms with Gasteiger partial charge in [-0.15, -0.1) is 0 Å². The first-order valence-electron chi connectivity index (χ1n) is 8.40. The van der Waals surface area contributed by atoms with E-state index in [1.54, 1.807) is 11.1 Å². The molecule has 7 heteroatoms. The van der Waals surface area contributed by atoms with E-state index in [1.165, 1.54) is 6.07 Å². The number of nitrogens with zero attached hydrogens (tertiary/aromatic N) is 4. The van der Waals surface area contributed by atoms with Gasteiger partial charge in [0.15, 0.2) is 11.6 Å².